The number of fused-ring (bicyclic) bond motifs is 1. The smallest absolute Gasteiger partial charge is 0.227 e. The van der Waals surface area contributed by atoms with Gasteiger partial charge < -0.3 is 19.9 Å². The Balaban J connectivity index is 1.20. The summed E-state index contributed by atoms with van der Waals surface area (Å²) in [5, 5.41) is 13.9. The number of aromatic nitrogens is 4. The molecule has 6 rings (SSSR count). The molecule has 164 valence electrons. The highest BCUT2D eigenvalue weighted by atomic mass is 35.5. The monoisotopic (exact) mass is 462 g/mol. The lowest BCUT2D eigenvalue weighted by molar-refractivity contribution is 0.0582. The van der Waals surface area contributed by atoms with Crippen LogP contribution in [-0.4, -0.2) is 60.5 Å². The van der Waals surface area contributed by atoms with Gasteiger partial charge in [0.05, 0.1) is 19.9 Å². The molecule has 1 atom stereocenters. The van der Waals surface area contributed by atoms with Gasteiger partial charge in [0.15, 0.2) is 5.82 Å². The van der Waals surface area contributed by atoms with Crippen molar-refractivity contribution in [3.05, 3.63) is 28.9 Å². The first-order valence-electron chi connectivity index (χ1n) is 11.7. The van der Waals surface area contributed by atoms with Gasteiger partial charge in [-0.1, -0.05) is 11.6 Å². The second kappa shape index (κ2) is 7.16. The molecule has 8 nitrogen and oxygen atoms in total. The van der Waals surface area contributed by atoms with Gasteiger partial charge in [-0.3, -0.25) is 0 Å². The van der Waals surface area contributed by atoms with Crippen molar-refractivity contribution in [2.24, 2.45) is 5.41 Å². The van der Waals surface area contributed by atoms with Crippen LogP contribution in [-0.2, 0) is 17.6 Å². The maximum Gasteiger partial charge on any atom is 0.227 e. The molecule has 2 aliphatic carbocycles. The molecule has 2 aliphatic heterocycles. The number of anilines is 2. The molecule has 0 amide bonds. The van der Waals surface area contributed by atoms with E-state index in [9.17, 15) is 9.66 Å². The highest BCUT2D eigenvalue weighted by Gasteiger charge is 2.54. The number of aliphatic hydroxyl groups is 1. The van der Waals surface area contributed by atoms with E-state index in [-0.39, 0.29) is 5.41 Å². The van der Waals surface area contributed by atoms with Crippen LogP contribution in [0.25, 0.3) is 0 Å². The first-order chi connectivity index (χ1) is 15.7. The van der Waals surface area contributed by atoms with E-state index in [1.807, 2.05) is 0 Å². The fourth-order valence-electron chi connectivity index (χ4n) is 5.30. The van der Waals surface area contributed by atoms with Crippen molar-refractivity contribution < 1.29 is 12.4 Å². The zero-order valence-corrected chi connectivity index (χ0v) is 18.5. The van der Waals surface area contributed by atoms with E-state index in [2.05, 4.69) is 20.2 Å². The van der Waals surface area contributed by atoms with Crippen LogP contribution in [0, 0.1) is 5.41 Å². The third kappa shape index (κ3) is 3.28. The average Bonchev–Trinajstić information content (AvgIpc) is 3.04. The fraction of sp³-hybridized carbons (Fsp3) is 0.619. The molecule has 1 spiro atoms. The van der Waals surface area contributed by atoms with Crippen LogP contribution in [0.3, 0.4) is 0 Å². The molecule has 3 fully saturated rings. The summed E-state index contributed by atoms with van der Waals surface area (Å²) in [7, 11) is 0. The Morgan fingerprint density at radius 1 is 1.29 bits per heavy atom. The first kappa shape index (κ1) is 17.8. The van der Waals surface area contributed by atoms with Gasteiger partial charge >= 0.3 is 0 Å². The lowest BCUT2D eigenvalue weighted by atomic mass is 9.57. The van der Waals surface area contributed by atoms with Crippen LogP contribution in [0.5, 0.6) is 0 Å². The lowest BCUT2D eigenvalue weighted by Gasteiger charge is -2.58. The Morgan fingerprint density at radius 2 is 2.03 bits per heavy atom. The average molecular weight is 463 g/mol. The van der Waals surface area contributed by atoms with Crippen LogP contribution >= 0.6 is 11.6 Å². The quantitative estimate of drug-likeness (QED) is 0.651. The molecular weight excluding hydrogens is 436 g/mol. The predicted molar refractivity (Wildman–Crippen MR) is 118 cm³/mol. The topological polar surface area (TPSA) is 110 Å². The van der Waals surface area contributed by atoms with Crippen LogP contribution in [0.2, 0.25) is 5.02 Å². The number of rotatable bonds is 5. The molecule has 2 aromatic rings. The molecule has 1 saturated heterocycles. The van der Waals surface area contributed by atoms with Gasteiger partial charge in [-0.05, 0) is 43.3 Å². The molecule has 2 aromatic heterocycles. The molecular formula is C21H25ClN6O2S. The standard InChI is InChI=1S/C21H25ClN6O2S/c22-14-8-23-17(24-9-14)13-6-20(7-13)10-28(11-20)19-25-15-2-5-31(30)16(15)18(26-19)27-21(12-29)3-1-4-21/h8-9,13,29H,1-7,10-12H2,(H,25,26,27)/i12D2. The van der Waals surface area contributed by atoms with Crippen molar-refractivity contribution in [1.82, 2.24) is 19.9 Å². The van der Waals surface area contributed by atoms with E-state index in [1.165, 1.54) is 0 Å². The van der Waals surface area contributed by atoms with Crippen LogP contribution < -0.4 is 10.2 Å². The minimum absolute atomic E-state index is 0.213. The molecule has 4 heterocycles. The van der Waals surface area contributed by atoms with Crippen molar-refractivity contribution in [2.75, 3.05) is 35.6 Å². The van der Waals surface area contributed by atoms with Gasteiger partial charge in [-0.2, -0.15) is 4.98 Å². The first-order valence-corrected chi connectivity index (χ1v) is 12.4. The molecule has 0 radical (unpaired) electrons. The van der Waals surface area contributed by atoms with E-state index >= 15 is 0 Å². The van der Waals surface area contributed by atoms with E-state index in [0.717, 1.165) is 43.9 Å². The Morgan fingerprint density at radius 3 is 2.68 bits per heavy atom. The van der Waals surface area contributed by atoms with Crippen LogP contribution in [0.4, 0.5) is 11.8 Å². The Labute approximate surface area is 191 Å². The van der Waals surface area contributed by atoms with Gasteiger partial charge in [0, 0.05) is 43.2 Å². The zero-order valence-electron chi connectivity index (χ0n) is 19.0. The maximum atomic E-state index is 12.6. The zero-order chi connectivity index (χ0) is 23.0. The highest BCUT2D eigenvalue weighted by Crippen LogP contribution is 2.56. The van der Waals surface area contributed by atoms with E-state index in [0.29, 0.717) is 52.6 Å². The second-order valence-electron chi connectivity index (χ2n) is 9.34. The van der Waals surface area contributed by atoms with Gasteiger partial charge in [0.2, 0.25) is 10.8 Å². The second-order valence-corrected chi connectivity index (χ2v) is 11.3. The predicted octanol–water partition coefficient (Wildman–Crippen LogP) is 2.29. The summed E-state index contributed by atoms with van der Waals surface area (Å²) in [5.74, 6) is 2.67. The molecule has 2 saturated carbocycles. The van der Waals surface area contributed by atoms with Crippen molar-refractivity contribution >= 4 is 34.5 Å². The van der Waals surface area contributed by atoms with Gasteiger partial charge in [-0.15, -0.1) is 0 Å². The number of nitrogens with zero attached hydrogens (tertiary/aromatic N) is 5. The number of aryl methyl sites for hydroxylation is 1. The molecule has 0 aromatic carbocycles. The summed E-state index contributed by atoms with van der Waals surface area (Å²) in [6, 6.07) is 0. The fourth-order valence-corrected chi connectivity index (χ4v) is 6.70. The summed E-state index contributed by atoms with van der Waals surface area (Å²) >= 11 is 4.67. The molecule has 31 heavy (non-hydrogen) atoms. The number of nitrogens with one attached hydrogen (secondary N) is 1. The Hall–Kier alpha value is -1.68. The number of hydrogen-bond donors (Lipinski definition) is 2. The van der Waals surface area contributed by atoms with Crippen molar-refractivity contribution in [3.8, 4) is 0 Å². The third-order valence-corrected chi connectivity index (χ3v) is 8.81. The summed E-state index contributed by atoms with van der Waals surface area (Å²) < 4.78 is 28.5. The molecule has 0 bridgehead atoms. The number of halogens is 1. The molecule has 1 unspecified atom stereocenters. The lowest BCUT2D eigenvalue weighted by Crippen LogP contribution is -2.62. The van der Waals surface area contributed by atoms with Gasteiger partial charge in [0.25, 0.3) is 0 Å². The maximum absolute atomic E-state index is 12.6. The minimum atomic E-state index is -2.39. The summed E-state index contributed by atoms with van der Waals surface area (Å²) in [5.41, 5.74) is -0.129. The van der Waals surface area contributed by atoms with Crippen molar-refractivity contribution in [2.45, 2.75) is 54.9 Å². The summed E-state index contributed by atoms with van der Waals surface area (Å²) in [6.45, 7) is -0.719. The molecule has 4 aliphatic rings. The highest BCUT2D eigenvalue weighted by molar-refractivity contribution is 7.91. The number of hydrogen-bond acceptors (Lipinski definition) is 8. The summed E-state index contributed by atoms with van der Waals surface area (Å²) in [4.78, 5) is 20.8. The molecule has 10 heteroatoms. The molecule has 2 N–H and O–H groups in total. The van der Waals surface area contributed by atoms with E-state index in [4.69, 9.17) is 24.3 Å². The van der Waals surface area contributed by atoms with Gasteiger partial charge in [-0.25, -0.2) is 15.0 Å². The Bertz CT molecular complexity index is 1080. The normalized spacial score (nSPS) is 26.9. The minimum Gasteiger partial charge on any atom is -0.611 e. The van der Waals surface area contributed by atoms with Crippen LogP contribution in [0.1, 0.15) is 52.3 Å². The SMILES string of the molecule is [2H]C([2H])(O)C1(Nc2nc(N3CC4(CC(c5ncc(Cl)cn5)C4)C3)nc3c2[S+]([O-])CC3)CCC1. The van der Waals surface area contributed by atoms with E-state index < -0.39 is 23.3 Å². The Kier molecular flexibility index (Phi) is 4.12. The van der Waals surface area contributed by atoms with Gasteiger partial charge in [0.1, 0.15) is 17.3 Å². The van der Waals surface area contributed by atoms with E-state index in [1.54, 1.807) is 12.4 Å². The third-order valence-electron chi connectivity index (χ3n) is 7.15. The van der Waals surface area contributed by atoms with Crippen molar-refractivity contribution in [3.63, 3.8) is 0 Å². The van der Waals surface area contributed by atoms with Crippen molar-refractivity contribution in [1.29, 1.82) is 0 Å². The largest absolute Gasteiger partial charge is 0.611 e. The summed E-state index contributed by atoms with van der Waals surface area (Å²) in [6.07, 6.45) is 7.74. The van der Waals surface area contributed by atoms with Crippen LogP contribution in [0.15, 0.2) is 17.3 Å².